The van der Waals surface area contributed by atoms with Gasteiger partial charge in [-0.15, -0.1) is 0 Å². The first-order valence-corrected chi connectivity index (χ1v) is 15.3. The lowest BCUT2D eigenvalue weighted by Crippen LogP contribution is -2.41. The SMILES string of the molecule is C.C[C@@H](CCCCNC(=O)CN(CCC(=O)O)C(=O)CCCCCCCCCCCCCCCCC(=O)O)C(=O)O.S.S.S.S.S.S. The fourth-order valence-electron chi connectivity index (χ4n) is 4.51. The maximum Gasteiger partial charge on any atom is 0.306 e. The van der Waals surface area contributed by atoms with Gasteiger partial charge in [-0.2, -0.15) is 81.0 Å². The number of hydrogen-bond donors (Lipinski definition) is 4. The van der Waals surface area contributed by atoms with E-state index in [1.165, 1.54) is 49.8 Å². The highest BCUT2D eigenvalue weighted by Gasteiger charge is 2.18. The predicted octanol–water partition coefficient (Wildman–Crippen LogP) is 6.94. The van der Waals surface area contributed by atoms with Crippen LogP contribution in [-0.4, -0.2) is 69.6 Å². The number of amides is 2. The Morgan fingerprint density at radius 3 is 1.32 bits per heavy atom. The number of rotatable bonds is 28. The van der Waals surface area contributed by atoms with E-state index in [2.05, 4.69) is 5.32 Å². The average Bonchev–Trinajstić information content (AvgIpc) is 2.89. The van der Waals surface area contributed by atoms with E-state index in [9.17, 15) is 24.0 Å². The molecule has 0 heterocycles. The number of nitrogens with one attached hydrogen (secondary N) is 1. The van der Waals surface area contributed by atoms with Gasteiger partial charge in [0, 0.05) is 25.9 Å². The van der Waals surface area contributed by atoms with E-state index in [1.807, 2.05) is 0 Å². The Balaban J connectivity index is -0.000000362. The Labute approximate surface area is 326 Å². The molecule has 0 aliphatic carbocycles. The number of carbonyl (C=O) groups is 5. The van der Waals surface area contributed by atoms with Gasteiger partial charge in [0.05, 0.1) is 18.9 Å². The number of unbranched alkanes of at least 4 members (excludes halogenated alkanes) is 14. The van der Waals surface area contributed by atoms with Crippen molar-refractivity contribution in [2.24, 2.45) is 5.92 Å². The lowest BCUT2D eigenvalue weighted by molar-refractivity contribution is -0.141. The Morgan fingerprint density at radius 2 is 0.936 bits per heavy atom. The molecule has 0 aliphatic heterocycles. The molecule has 0 spiro atoms. The molecule has 288 valence electrons. The van der Waals surface area contributed by atoms with E-state index >= 15 is 0 Å². The maximum atomic E-state index is 12.6. The Bertz CT molecular complexity index is 755. The molecule has 0 fully saturated rings. The average molecular weight is 791 g/mol. The van der Waals surface area contributed by atoms with E-state index in [4.69, 9.17) is 15.3 Å². The summed E-state index contributed by atoms with van der Waals surface area (Å²) in [5.74, 6) is -3.51. The van der Waals surface area contributed by atoms with Crippen molar-refractivity contribution in [1.82, 2.24) is 10.2 Å². The minimum absolute atomic E-state index is 0. The number of carboxylic acid groups (broad SMARTS) is 3. The van der Waals surface area contributed by atoms with E-state index < -0.39 is 23.8 Å². The van der Waals surface area contributed by atoms with Gasteiger partial charge in [0.2, 0.25) is 11.8 Å². The van der Waals surface area contributed by atoms with Gasteiger partial charge >= 0.3 is 17.9 Å². The van der Waals surface area contributed by atoms with Crippen molar-refractivity contribution in [1.29, 1.82) is 0 Å². The van der Waals surface area contributed by atoms with Gasteiger partial charge in [-0.1, -0.05) is 97.8 Å². The zero-order valence-corrected chi connectivity index (χ0v) is 33.7. The lowest BCUT2D eigenvalue weighted by Gasteiger charge is -2.21. The van der Waals surface area contributed by atoms with Gasteiger partial charge < -0.3 is 25.5 Å². The van der Waals surface area contributed by atoms with Crippen LogP contribution in [-0.2, 0) is 24.0 Å². The summed E-state index contributed by atoms with van der Waals surface area (Å²) in [5.41, 5.74) is 0. The number of carbonyl (C=O) groups excluding carboxylic acids is 2. The third kappa shape index (κ3) is 45.5. The summed E-state index contributed by atoms with van der Waals surface area (Å²) in [7, 11) is 0. The van der Waals surface area contributed by atoms with Crippen molar-refractivity contribution < 1.29 is 39.3 Å². The Kier molecular flexibility index (Phi) is 62.8. The summed E-state index contributed by atoms with van der Waals surface area (Å²) in [6, 6.07) is 0. The Hall–Kier alpha value is -0.550. The van der Waals surface area contributed by atoms with Crippen LogP contribution in [0.1, 0.15) is 143 Å². The van der Waals surface area contributed by atoms with Gasteiger partial charge in [0.1, 0.15) is 0 Å². The maximum absolute atomic E-state index is 12.6. The first-order chi connectivity index (χ1) is 19.1. The van der Waals surface area contributed by atoms with Gasteiger partial charge in [0.15, 0.2) is 0 Å². The van der Waals surface area contributed by atoms with Gasteiger partial charge in [-0.3, -0.25) is 24.0 Å². The summed E-state index contributed by atoms with van der Waals surface area (Å²) in [4.78, 5) is 58.5. The molecule has 0 aliphatic rings. The molecule has 0 aromatic heterocycles. The Morgan fingerprint density at radius 1 is 0.553 bits per heavy atom. The molecule has 0 saturated heterocycles. The summed E-state index contributed by atoms with van der Waals surface area (Å²) in [6.07, 6.45) is 17.5. The molecule has 0 radical (unpaired) electrons. The second kappa shape index (κ2) is 45.5. The summed E-state index contributed by atoms with van der Waals surface area (Å²) < 4.78 is 0. The minimum Gasteiger partial charge on any atom is -0.481 e. The molecule has 10 nitrogen and oxygen atoms in total. The summed E-state index contributed by atoms with van der Waals surface area (Å²) in [6.45, 7) is 1.88. The normalized spacial score (nSPS) is 9.89. The molecule has 0 aromatic rings. The molecule has 0 rings (SSSR count). The van der Waals surface area contributed by atoms with Crippen LogP contribution in [0.25, 0.3) is 0 Å². The van der Waals surface area contributed by atoms with Crippen LogP contribution in [0.15, 0.2) is 0 Å². The van der Waals surface area contributed by atoms with E-state index in [1.54, 1.807) is 6.92 Å². The van der Waals surface area contributed by atoms with Crippen molar-refractivity contribution >= 4 is 111 Å². The predicted molar refractivity (Wildman–Crippen MR) is 223 cm³/mol. The molecular weight excluding hydrogens is 721 g/mol. The highest BCUT2D eigenvalue weighted by atomic mass is 32.1. The van der Waals surface area contributed by atoms with Crippen LogP contribution < -0.4 is 5.32 Å². The number of hydrogen-bond acceptors (Lipinski definition) is 5. The number of nitrogens with zero attached hydrogens (tertiary/aromatic N) is 1. The van der Waals surface area contributed by atoms with Crippen LogP contribution >= 0.6 is 81.0 Å². The standard InChI is InChI=1S/C30H54N2O8.CH4.6H2S/c1-25(30(39)40)18-16-17-22-31-26(33)24-32(23-21-29(37)38)27(34)19-14-12-10-8-6-4-2-3-5-7-9-11-13-15-20-28(35)36;;;;;;;/h25H,2-24H2,1H3,(H,31,33)(H,35,36)(H,37,38)(H,39,40);1H4;6*1H2/t25-;;;;;;;/m0......./s1. The van der Waals surface area contributed by atoms with Crippen molar-refractivity contribution in [2.45, 2.75) is 143 Å². The first kappa shape index (κ1) is 64.9. The van der Waals surface area contributed by atoms with E-state index in [0.29, 0.717) is 32.2 Å². The lowest BCUT2D eigenvalue weighted by atomic mass is 10.0. The minimum atomic E-state index is -1.02. The van der Waals surface area contributed by atoms with Gasteiger partial charge in [-0.05, 0) is 25.7 Å². The molecule has 4 N–H and O–H groups in total. The third-order valence-corrected chi connectivity index (χ3v) is 7.12. The number of aliphatic carboxylic acids is 3. The molecule has 16 heteroatoms. The zero-order chi connectivity index (χ0) is 30.0. The van der Waals surface area contributed by atoms with Crippen LogP contribution in [0, 0.1) is 5.92 Å². The summed E-state index contributed by atoms with van der Waals surface area (Å²) in [5, 5.41) is 29.3. The smallest absolute Gasteiger partial charge is 0.306 e. The highest BCUT2D eigenvalue weighted by molar-refractivity contribution is 7.60. The monoisotopic (exact) mass is 790 g/mol. The van der Waals surface area contributed by atoms with Crippen molar-refractivity contribution in [3.05, 3.63) is 0 Å². The fourth-order valence-corrected chi connectivity index (χ4v) is 4.51. The van der Waals surface area contributed by atoms with Crippen LogP contribution in [0.3, 0.4) is 0 Å². The van der Waals surface area contributed by atoms with Gasteiger partial charge in [0.25, 0.3) is 0 Å². The third-order valence-electron chi connectivity index (χ3n) is 7.12. The van der Waals surface area contributed by atoms with Crippen LogP contribution in [0.2, 0.25) is 0 Å². The molecule has 1 atom stereocenters. The molecule has 0 saturated carbocycles. The number of carboxylic acids is 3. The van der Waals surface area contributed by atoms with Crippen molar-refractivity contribution in [3.8, 4) is 0 Å². The van der Waals surface area contributed by atoms with Gasteiger partial charge in [-0.25, -0.2) is 0 Å². The molecule has 2 amide bonds. The highest BCUT2D eigenvalue weighted by Crippen LogP contribution is 2.14. The fraction of sp³-hybridized carbons (Fsp3) is 0.839. The first-order valence-electron chi connectivity index (χ1n) is 15.3. The zero-order valence-electron chi connectivity index (χ0n) is 27.7. The van der Waals surface area contributed by atoms with Crippen LogP contribution in [0.5, 0.6) is 0 Å². The second-order valence-corrected chi connectivity index (χ2v) is 10.9. The van der Waals surface area contributed by atoms with E-state index in [0.717, 1.165) is 44.9 Å². The van der Waals surface area contributed by atoms with Crippen molar-refractivity contribution in [3.63, 3.8) is 0 Å². The topological polar surface area (TPSA) is 161 Å². The summed E-state index contributed by atoms with van der Waals surface area (Å²) >= 11 is 0. The van der Waals surface area contributed by atoms with E-state index in [-0.39, 0.29) is 126 Å². The molecule has 0 aromatic carbocycles. The molecule has 47 heavy (non-hydrogen) atoms. The second-order valence-electron chi connectivity index (χ2n) is 10.9. The molecule has 0 unspecified atom stereocenters. The molecular formula is C31H70N2O8S6. The molecule has 0 bridgehead atoms. The van der Waals surface area contributed by atoms with Crippen LogP contribution in [0.4, 0.5) is 0 Å². The quantitative estimate of drug-likeness (QED) is 0.0621. The largest absolute Gasteiger partial charge is 0.481 e. The van der Waals surface area contributed by atoms with Crippen molar-refractivity contribution in [2.75, 3.05) is 19.6 Å².